The largest absolute Gasteiger partial charge is 0.398 e. The molecule has 4 rings (SSSR count). The molecule has 2 aromatic heterocycles. The molecule has 2 heterocycles. The Morgan fingerprint density at radius 2 is 1.97 bits per heavy atom. The van der Waals surface area contributed by atoms with Gasteiger partial charge in [-0.25, -0.2) is 9.37 Å². The standard InChI is InChI=1S/C22H30FN7O/c1-22(2,31)12-26-21-28-19(25-11-14-10-15(23)8-9-17(14)24)18-20(29-21)30(13-27-18)16-6-4-3-5-7-16/h8-10,13,16,31H,3-7,11-12,24H2,1-2H3,(H2,25,26,28,29). The summed E-state index contributed by atoms with van der Waals surface area (Å²) in [6.45, 7) is 4.04. The number of nitrogens with zero attached hydrogens (tertiary/aromatic N) is 4. The average Bonchev–Trinajstić information content (AvgIpc) is 3.17. The van der Waals surface area contributed by atoms with Crippen molar-refractivity contribution in [2.75, 3.05) is 22.9 Å². The van der Waals surface area contributed by atoms with Gasteiger partial charge in [0.05, 0.1) is 11.9 Å². The number of imidazole rings is 1. The van der Waals surface area contributed by atoms with Crippen LogP contribution in [0.4, 0.5) is 21.8 Å². The van der Waals surface area contributed by atoms with E-state index in [1.807, 2.05) is 6.33 Å². The Bertz CT molecular complexity index is 1050. The van der Waals surface area contributed by atoms with Crippen LogP contribution in [0, 0.1) is 5.82 Å². The molecule has 0 amide bonds. The van der Waals surface area contributed by atoms with Crippen LogP contribution in [0.2, 0.25) is 0 Å². The van der Waals surface area contributed by atoms with Gasteiger partial charge in [0.25, 0.3) is 0 Å². The number of nitrogen functional groups attached to an aromatic ring is 1. The maximum Gasteiger partial charge on any atom is 0.226 e. The van der Waals surface area contributed by atoms with E-state index < -0.39 is 5.60 Å². The van der Waals surface area contributed by atoms with E-state index in [2.05, 4.69) is 25.2 Å². The number of nitrogens with one attached hydrogen (secondary N) is 2. The van der Waals surface area contributed by atoms with Crippen molar-refractivity contribution in [2.45, 2.75) is 64.1 Å². The highest BCUT2D eigenvalue weighted by Crippen LogP contribution is 2.32. The maximum absolute atomic E-state index is 13.7. The van der Waals surface area contributed by atoms with E-state index in [4.69, 9.17) is 10.7 Å². The Hall–Kier alpha value is -2.94. The molecular formula is C22H30FN7O. The van der Waals surface area contributed by atoms with Gasteiger partial charge in [-0.3, -0.25) is 0 Å². The molecule has 31 heavy (non-hydrogen) atoms. The fourth-order valence-corrected chi connectivity index (χ4v) is 3.95. The van der Waals surface area contributed by atoms with Crippen molar-refractivity contribution in [3.05, 3.63) is 35.9 Å². The van der Waals surface area contributed by atoms with Gasteiger partial charge in [0.2, 0.25) is 5.95 Å². The summed E-state index contributed by atoms with van der Waals surface area (Å²) in [6, 6.07) is 4.67. The number of nitrogens with two attached hydrogens (primary N) is 1. The topological polar surface area (TPSA) is 114 Å². The van der Waals surface area contributed by atoms with Gasteiger partial charge in [-0.2, -0.15) is 9.97 Å². The SMILES string of the molecule is CC(C)(O)CNc1nc(NCc2cc(F)ccc2N)c2ncn(C3CCCCC3)c2n1. The average molecular weight is 428 g/mol. The molecule has 0 bridgehead atoms. The van der Waals surface area contributed by atoms with E-state index in [1.54, 1.807) is 19.9 Å². The fourth-order valence-electron chi connectivity index (χ4n) is 3.95. The van der Waals surface area contributed by atoms with Crippen LogP contribution < -0.4 is 16.4 Å². The molecule has 166 valence electrons. The van der Waals surface area contributed by atoms with Gasteiger partial charge in [0.1, 0.15) is 5.82 Å². The molecule has 1 aromatic carbocycles. The lowest BCUT2D eigenvalue weighted by Crippen LogP contribution is -2.30. The van der Waals surface area contributed by atoms with Crippen molar-refractivity contribution < 1.29 is 9.50 Å². The first-order chi connectivity index (χ1) is 14.8. The van der Waals surface area contributed by atoms with E-state index in [0.29, 0.717) is 47.7 Å². The fraction of sp³-hybridized carbons (Fsp3) is 0.500. The maximum atomic E-state index is 13.7. The van der Waals surface area contributed by atoms with E-state index in [1.165, 1.54) is 31.4 Å². The summed E-state index contributed by atoms with van der Waals surface area (Å²) in [7, 11) is 0. The summed E-state index contributed by atoms with van der Waals surface area (Å²) in [5.41, 5.74) is 7.64. The number of halogens is 1. The molecule has 1 aliphatic rings. The Balaban J connectivity index is 1.68. The van der Waals surface area contributed by atoms with Gasteiger partial charge in [-0.05, 0) is 50.5 Å². The number of fused-ring (bicyclic) bond motifs is 1. The number of benzene rings is 1. The summed E-state index contributed by atoms with van der Waals surface area (Å²) in [4.78, 5) is 13.9. The lowest BCUT2D eigenvalue weighted by molar-refractivity contribution is 0.0943. The van der Waals surface area contributed by atoms with Crippen molar-refractivity contribution in [1.29, 1.82) is 0 Å². The van der Waals surface area contributed by atoms with Gasteiger partial charge < -0.3 is 26.0 Å². The second-order valence-corrected chi connectivity index (χ2v) is 8.87. The monoisotopic (exact) mass is 427 g/mol. The van der Waals surface area contributed by atoms with Crippen LogP contribution in [0.1, 0.15) is 57.6 Å². The molecule has 1 fully saturated rings. The highest BCUT2D eigenvalue weighted by molar-refractivity contribution is 5.84. The van der Waals surface area contributed by atoms with E-state index in [-0.39, 0.29) is 5.82 Å². The molecule has 0 saturated heterocycles. The van der Waals surface area contributed by atoms with Crippen molar-refractivity contribution in [3.63, 3.8) is 0 Å². The first-order valence-corrected chi connectivity index (χ1v) is 10.8. The van der Waals surface area contributed by atoms with Crippen LogP contribution in [0.15, 0.2) is 24.5 Å². The van der Waals surface area contributed by atoms with Gasteiger partial charge in [0, 0.05) is 24.8 Å². The Morgan fingerprint density at radius 3 is 2.71 bits per heavy atom. The summed E-state index contributed by atoms with van der Waals surface area (Å²) < 4.78 is 15.8. The molecule has 3 aromatic rings. The normalized spacial score (nSPS) is 15.4. The Morgan fingerprint density at radius 1 is 1.19 bits per heavy atom. The van der Waals surface area contributed by atoms with E-state index in [9.17, 15) is 9.50 Å². The predicted octanol–water partition coefficient (Wildman–Crippen LogP) is 3.85. The van der Waals surface area contributed by atoms with Gasteiger partial charge in [-0.1, -0.05) is 19.3 Å². The number of rotatable bonds is 7. The van der Waals surface area contributed by atoms with Crippen molar-refractivity contribution in [3.8, 4) is 0 Å². The van der Waals surface area contributed by atoms with Crippen LogP contribution in [-0.2, 0) is 6.54 Å². The van der Waals surface area contributed by atoms with E-state index in [0.717, 1.165) is 18.5 Å². The Labute approximate surface area is 181 Å². The summed E-state index contributed by atoms with van der Waals surface area (Å²) >= 11 is 0. The zero-order chi connectivity index (χ0) is 22.0. The summed E-state index contributed by atoms with van der Waals surface area (Å²) in [5, 5.41) is 16.5. The molecule has 9 heteroatoms. The third kappa shape index (κ3) is 5.04. The number of hydrogen-bond donors (Lipinski definition) is 4. The Kier molecular flexibility index (Phi) is 5.95. The van der Waals surface area contributed by atoms with Gasteiger partial charge in [-0.15, -0.1) is 0 Å². The third-order valence-electron chi connectivity index (χ3n) is 5.62. The molecule has 0 unspecified atom stereocenters. The molecule has 0 atom stereocenters. The minimum absolute atomic E-state index is 0.298. The van der Waals surface area contributed by atoms with Crippen LogP contribution >= 0.6 is 0 Å². The molecule has 8 nitrogen and oxygen atoms in total. The second-order valence-electron chi connectivity index (χ2n) is 8.87. The van der Waals surface area contributed by atoms with Gasteiger partial charge >= 0.3 is 0 Å². The molecule has 0 spiro atoms. The first kappa shape index (κ1) is 21.3. The van der Waals surface area contributed by atoms with E-state index >= 15 is 0 Å². The number of hydrogen-bond acceptors (Lipinski definition) is 7. The van der Waals surface area contributed by atoms with Gasteiger partial charge in [0.15, 0.2) is 17.0 Å². The molecular weight excluding hydrogens is 397 g/mol. The second kappa shape index (κ2) is 8.66. The highest BCUT2D eigenvalue weighted by Gasteiger charge is 2.21. The van der Waals surface area contributed by atoms with Crippen LogP contribution in [-0.4, -0.2) is 36.8 Å². The molecule has 1 aliphatic carbocycles. The molecule has 5 N–H and O–H groups in total. The van der Waals surface area contributed by atoms with Crippen LogP contribution in [0.3, 0.4) is 0 Å². The van der Waals surface area contributed by atoms with Crippen molar-refractivity contribution in [1.82, 2.24) is 19.5 Å². The zero-order valence-corrected chi connectivity index (χ0v) is 18.0. The molecule has 1 saturated carbocycles. The highest BCUT2D eigenvalue weighted by atomic mass is 19.1. The number of aliphatic hydroxyl groups is 1. The minimum Gasteiger partial charge on any atom is -0.398 e. The van der Waals surface area contributed by atoms with Crippen LogP contribution in [0.5, 0.6) is 0 Å². The number of aromatic nitrogens is 4. The molecule has 0 aliphatic heterocycles. The molecule has 0 radical (unpaired) electrons. The number of anilines is 3. The quantitative estimate of drug-likeness (QED) is 0.424. The smallest absolute Gasteiger partial charge is 0.226 e. The predicted molar refractivity (Wildman–Crippen MR) is 120 cm³/mol. The minimum atomic E-state index is -0.911. The first-order valence-electron chi connectivity index (χ1n) is 10.8. The zero-order valence-electron chi connectivity index (χ0n) is 18.0. The van der Waals surface area contributed by atoms with Crippen molar-refractivity contribution in [2.24, 2.45) is 0 Å². The lowest BCUT2D eigenvalue weighted by atomic mass is 9.95. The third-order valence-corrected chi connectivity index (χ3v) is 5.62. The van der Waals surface area contributed by atoms with Crippen LogP contribution in [0.25, 0.3) is 11.2 Å². The van der Waals surface area contributed by atoms with Crippen molar-refractivity contribution >= 4 is 28.6 Å². The summed E-state index contributed by atoms with van der Waals surface area (Å²) in [6.07, 6.45) is 7.69. The summed E-state index contributed by atoms with van der Waals surface area (Å²) in [5.74, 6) is 0.608. The lowest BCUT2D eigenvalue weighted by Gasteiger charge is -2.23.